The van der Waals surface area contributed by atoms with Crippen LogP contribution in [0.15, 0.2) is 47.6 Å². The molecule has 2 N–H and O–H groups in total. The number of hydrogen-bond donors (Lipinski definition) is 2. The molecule has 0 atom stereocenters. The number of carbonyl (C=O) groups is 1. The Bertz CT molecular complexity index is 824. The largest absolute Gasteiger partial charge is 0.496 e. The maximum atomic E-state index is 12.4. The first-order valence-electron chi connectivity index (χ1n) is 10.3. The van der Waals surface area contributed by atoms with Crippen LogP contribution >= 0.6 is 0 Å². The second-order valence-electron chi connectivity index (χ2n) is 7.06. The molecule has 1 heterocycles. The fraction of sp³-hybridized carbons (Fsp3) is 0.435. The topological polar surface area (TPSA) is 78.9 Å². The van der Waals surface area contributed by atoms with Crippen LogP contribution in [-0.4, -0.2) is 62.1 Å². The standard InChI is InChI=1S/C23H33N5O2/c1-5-24-23(26-14-11-19-10-9-18(2)21(16-19)30-4)27-17-22(29)28(3)15-12-20-8-6-7-13-25-20/h6-10,13,16H,5,11-12,14-15,17H2,1-4H3,(H2,24,26,27). The average molecular weight is 412 g/mol. The third kappa shape index (κ3) is 7.73. The molecule has 7 heteroatoms. The first kappa shape index (κ1) is 23.2. The Labute approximate surface area is 179 Å². The van der Waals surface area contributed by atoms with Crippen molar-refractivity contribution in [3.63, 3.8) is 0 Å². The van der Waals surface area contributed by atoms with Gasteiger partial charge in [-0.05, 0) is 49.6 Å². The van der Waals surface area contributed by atoms with Gasteiger partial charge in [0.2, 0.25) is 5.91 Å². The molecule has 0 radical (unpaired) electrons. The van der Waals surface area contributed by atoms with Gasteiger partial charge in [-0.3, -0.25) is 9.78 Å². The SMILES string of the molecule is CCNC(=NCC(=O)N(C)CCc1ccccn1)NCCc1ccc(C)c(OC)c1. The van der Waals surface area contributed by atoms with Crippen LogP contribution in [0.25, 0.3) is 0 Å². The fourth-order valence-corrected chi connectivity index (χ4v) is 2.91. The number of aliphatic imine (C=N–C) groups is 1. The molecule has 0 fully saturated rings. The minimum atomic E-state index is -0.0218. The Morgan fingerprint density at radius 3 is 2.73 bits per heavy atom. The van der Waals surface area contributed by atoms with E-state index in [2.05, 4.69) is 38.8 Å². The van der Waals surface area contributed by atoms with Crippen molar-refractivity contribution >= 4 is 11.9 Å². The van der Waals surface area contributed by atoms with Crippen molar-refractivity contribution in [2.45, 2.75) is 26.7 Å². The molecule has 2 rings (SSSR count). The van der Waals surface area contributed by atoms with Crippen LogP contribution in [0, 0.1) is 6.92 Å². The maximum Gasteiger partial charge on any atom is 0.244 e. The summed E-state index contributed by atoms with van der Waals surface area (Å²) in [5, 5.41) is 6.48. The molecule has 1 amide bonds. The van der Waals surface area contributed by atoms with E-state index in [-0.39, 0.29) is 12.5 Å². The first-order chi connectivity index (χ1) is 14.5. The van der Waals surface area contributed by atoms with Crippen molar-refractivity contribution in [2.75, 3.05) is 40.3 Å². The van der Waals surface area contributed by atoms with Crippen LogP contribution < -0.4 is 15.4 Å². The van der Waals surface area contributed by atoms with Crippen molar-refractivity contribution < 1.29 is 9.53 Å². The Hall–Kier alpha value is -3.09. The molecule has 0 bridgehead atoms. The highest BCUT2D eigenvalue weighted by Gasteiger charge is 2.09. The van der Waals surface area contributed by atoms with E-state index < -0.39 is 0 Å². The molecule has 0 saturated carbocycles. The van der Waals surface area contributed by atoms with E-state index in [0.717, 1.165) is 36.4 Å². The predicted molar refractivity (Wildman–Crippen MR) is 121 cm³/mol. The summed E-state index contributed by atoms with van der Waals surface area (Å²) in [6, 6.07) is 12.0. The maximum absolute atomic E-state index is 12.4. The molecule has 1 aromatic carbocycles. The van der Waals surface area contributed by atoms with E-state index in [4.69, 9.17) is 4.74 Å². The van der Waals surface area contributed by atoms with Gasteiger partial charge in [-0.25, -0.2) is 4.99 Å². The van der Waals surface area contributed by atoms with Crippen molar-refractivity contribution in [1.82, 2.24) is 20.5 Å². The number of benzene rings is 1. The summed E-state index contributed by atoms with van der Waals surface area (Å²) in [6.45, 7) is 6.19. The summed E-state index contributed by atoms with van der Waals surface area (Å²) >= 11 is 0. The van der Waals surface area contributed by atoms with Crippen LogP contribution in [0.2, 0.25) is 0 Å². The highest BCUT2D eigenvalue weighted by atomic mass is 16.5. The molecule has 0 unspecified atom stereocenters. The smallest absolute Gasteiger partial charge is 0.244 e. The van der Waals surface area contributed by atoms with Gasteiger partial charge in [0.05, 0.1) is 7.11 Å². The van der Waals surface area contributed by atoms with E-state index in [1.165, 1.54) is 5.56 Å². The van der Waals surface area contributed by atoms with Crippen molar-refractivity contribution in [3.8, 4) is 5.75 Å². The van der Waals surface area contributed by atoms with E-state index in [1.807, 2.05) is 32.0 Å². The molecule has 162 valence electrons. The third-order valence-electron chi connectivity index (χ3n) is 4.75. The van der Waals surface area contributed by atoms with Crippen molar-refractivity contribution in [3.05, 3.63) is 59.4 Å². The molecule has 30 heavy (non-hydrogen) atoms. The number of aromatic nitrogens is 1. The quantitative estimate of drug-likeness (QED) is 0.463. The molecule has 0 saturated heterocycles. The zero-order chi connectivity index (χ0) is 21.8. The molecular weight excluding hydrogens is 378 g/mol. The zero-order valence-electron chi connectivity index (χ0n) is 18.4. The van der Waals surface area contributed by atoms with Gasteiger partial charge in [0.15, 0.2) is 5.96 Å². The summed E-state index contributed by atoms with van der Waals surface area (Å²) in [5.74, 6) is 1.52. The molecule has 0 aliphatic carbocycles. The van der Waals surface area contributed by atoms with Crippen LogP contribution in [0.5, 0.6) is 5.75 Å². The van der Waals surface area contributed by atoms with Gasteiger partial charge in [0, 0.05) is 45.0 Å². The van der Waals surface area contributed by atoms with Gasteiger partial charge in [0.25, 0.3) is 0 Å². The molecule has 1 aromatic heterocycles. The molecule has 0 aliphatic heterocycles. The zero-order valence-corrected chi connectivity index (χ0v) is 18.4. The van der Waals surface area contributed by atoms with Crippen LogP contribution in [0.3, 0.4) is 0 Å². The Morgan fingerprint density at radius 1 is 1.20 bits per heavy atom. The molecular formula is C23H33N5O2. The highest BCUT2D eigenvalue weighted by molar-refractivity contribution is 5.84. The lowest BCUT2D eigenvalue weighted by Gasteiger charge is -2.17. The monoisotopic (exact) mass is 411 g/mol. The van der Waals surface area contributed by atoms with Gasteiger partial charge in [-0.15, -0.1) is 0 Å². The number of hydrogen-bond acceptors (Lipinski definition) is 4. The molecule has 0 spiro atoms. The average Bonchev–Trinajstić information content (AvgIpc) is 2.77. The van der Waals surface area contributed by atoms with Crippen LogP contribution in [-0.2, 0) is 17.6 Å². The third-order valence-corrected chi connectivity index (χ3v) is 4.75. The highest BCUT2D eigenvalue weighted by Crippen LogP contribution is 2.18. The Kier molecular flexibility index (Phi) is 9.64. The normalized spacial score (nSPS) is 11.1. The number of ether oxygens (including phenoxy) is 1. The van der Waals surface area contributed by atoms with Gasteiger partial charge in [0.1, 0.15) is 12.3 Å². The van der Waals surface area contributed by atoms with E-state index >= 15 is 0 Å². The molecule has 2 aromatic rings. The number of aryl methyl sites for hydroxylation is 1. The number of pyridine rings is 1. The minimum Gasteiger partial charge on any atom is -0.496 e. The van der Waals surface area contributed by atoms with Crippen LogP contribution in [0.1, 0.15) is 23.7 Å². The van der Waals surface area contributed by atoms with E-state index in [1.54, 1.807) is 25.3 Å². The van der Waals surface area contributed by atoms with Gasteiger partial charge >= 0.3 is 0 Å². The molecule has 0 aliphatic rings. The first-order valence-corrected chi connectivity index (χ1v) is 10.3. The summed E-state index contributed by atoms with van der Waals surface area (Å²) in [4.78, 5) is 22.8. The lowest BCUT2D eigenvalue weighted by atomic mass is 10.1. The number of carbonyl (C=O) groups excluding carboxylic acids is 1. The number of nitrogens with zero attached hydrogens (tertiary/aromatic N) is 3. The fourth-order valence-electron chi connectivity index (χ4n) is 2.91. The minimum absolute atomic E-state index is 0.0218. The summed E-state index contributed by atoms with van der Waals surface area (Å²) < 4.78 is 5.38. The summed E-state index contributed by atoms with van der Waals surface area (Å²) in [5.41, 5.74) is 3.28. The second kappa shape index (κ2) is 12.5. The number of rotatable bonds is 10. The van der Waals surface area contributed by atoms with Gasteiger partial charge in [-0.2, -0.15) is 0 Å². The second-order valence-corrected chi connectivity index (χ2v) is 7.06. The number of guanidine groups is 1. The summed E-state index contributed by atoms with van der Waals surface area (Å²) in [7, 11) is 3.48. The van der Waals surface area contributed by atoms with E-state index in [0.29, 0.717) is 19.0 Å². The summed E-state index contributed by atoms with van der Waals surface area (Å²) in [6.07, 6.45) is 3.33. The van der Waals surface area contributed by atoms with Gasteiger partial charge < -0.3 is 20.3 Å². The Morgan fingerprint density at radius 2 is 2.03 bits per heavy atom. The van der Waals surface area contributed by atoms with Crippen molar-refractivity contribution in [2.24, 2.45) is 4.99 Å². The lowest BCUT2D eigenvalue weighted by molar-refractivity contribution is -0.128. The lowest BCUT2D eigenvalue weighted by Crippen LogP contribution is -2.39. The predicted octanol–water partition coefficient (Wildman–Crippen LogP) is 2.20. The van der Waals surface area contributed by atoms with E-state index in [9.17, 15) is 4.79 Å². The number of amides is 1. The number of nitrogens with one attached hydrogen (secondary N) is 2. The van der Waals surface area contributed by atoms with Gasteiger partial charge in [-0.1, -0.05) is 18.2 Å². The number of likely N-dealkylation sites (N-methyl/N-ethyl adjacent to an activating group) is 1. The van der Waals surface area contributed by atoms with Crippen molar-refractivity contribution in [1.29, 1.82) is 0 Å². The number of methoxy groups -OCH3 is 1. The van der Waals surface area contributed by atoms with Crippen LogP contribution in [0.4, 0.5) is 0 Å². The molecule has 7 nitrogen and oxygen atoms in total. The Balaban J connectivity index is 1.81.